The van der Waals surface area contributed by atoms with Crippen molar-refractivity contribution in [2.24, 2.45) is 0 Å². The molecule has 2 rings (SSSR count). The van der Waals surface area contributed by atoms with Crippen molar-refractivity contribution in [3.63, 3.8) is 0 Å². The smallest absolute Gasteiger partial charge is 0.220 e. The topological polar surface area (TPSA) is 32.3 Å². The van der Waals surface area contributed by atoms with Crippen LogP contribution in [0.5, 0.6) is 0 Å². The van der Waals surface area contributed by atoms with E-state index in [0.29, 0.717) is 6.04 Å². The molecule has 86 valence electrons. The van der Waals surface area contributed by atoms with Crippen LogP contribution in [0.15, 0.2) is 18.2 Å². The Labute approximate surface area is 96.5 Å². The van der Waals surface area contributed by atoms with Crippen LogP contribution in [0, 0.1) is 0 Å². The summed E-state index contributed by atoms with van der Waals surface area (Å²) >= 11 is 0. The fourth-order valence-corrected chi connectivity index (χ4v) is 2.04. The summed E-state index contributed by atoms with van der Waals surface area (Å²) in [7, 11) is 0. The van der Waals surface area contributed by atoms with Crippen LogP contribution in [-0.2, 0) is 17.9 Å². The molecule has 0 atom stereocenters. The van der Waals surface area contributed by atoms with Crippen LogP contribution in [0.4, 0.5) is 5.69 Å². The third-order valence-corrected chi connectivity index (χ3v) is 2.83. The van der Waals surface area contributed by atoms with E-state index in [1.165, 1.54) is 11.1 Å². The lowest BCUT2D eigenvalue weighted by molar-refractivity contribution is -0.129. The van der Waals surface area contributed by atoms with E-state index in [1.54, 1.807) is 6.92 Å². The van der Waals surface area contributed by atoms with Gasteiger partial charge in [-0.05, 0) is 37.1 Å². The Balaban J connectivity index is 2.17. The minimum atomic E-state index is 0.148. The Bertz CT molecular complexity index is 412. The van der Waals surface area contributed by atoms with Gasteiger partial charge < -0.3 is 10.2 Å². The van der Waals surface area contributed by atoms with Crippen molar-refractivity contribution >= 4 is 11.6 Å². The molecular weight excluding hydrogens is 200 g/mol. The van der Waals surface area contributed by atoms with E-state index < -0.39 is 0 Å². The molecule has 1 heterocycles. The summed E-state index contributed by atoms with van der Waals surface area (Å²) in [4.78, 5) is 13.2. The lowest BCUT2D eigenvalue weighted by Crippen LogP contribution is -2.21. The first-order valence-corrected chi connectivity index (χ1v) is 5.70. The largest absolute Gasteiger partial charge is 0.383 e. The summed E-state index contributed by atoms with van der Waals surface area (Å²) in [6.07, 6.45) is 0. The zero-order valence-corrected chi connectivity index (χ0v) is 10.1. The maximum atomic E-state index is 11.3. The lowest BCUT2D eigenvalue weighted by Gasteiger charge is -2.11. The second kappa shape index (κ2) is 4.16. The maximum absolute atomic E-state index is 11.3. The van der Waals surface area contributed by atoms with Crippen LogP contribution >= 0.6 is 0 Å². The summed E-state index contributed by atoms with van der Waals surface area (Å²) < 4.78 is 0. The Kier molecular flexibility index (Phi) is 2.86. The number of carbonyl (C=O) groups excluding carboxylic acids is 1. The monoisotopic (exact) mass is 218 g/mol. The average Bonchev–Trinajstić information content (AvgIpc) is 2.59. The van der Waals surface area contributed by atoms with Gasteiger partial charge in [0.25, 0.3) is 0 Å². The number of fused-ring (bicyclic) bond motifs is 1. The van der Waals surface area contributed by atoms with Gasteiger partial charge in [-0.25, -0.2) is 0 Å². The van der Waals surface area contributed by atoms with Gasteiger partial charge in [0.1, 0.15) is 0 Å². The van der Waals surface area contributed by atoms with Gasteiger partial charge in [0.2, 0.25) is 5.91 Å². The van der Waals surface area contributed by atoms with E-state index in [2.05, 4.69) is 37.4 Å². The van der Waals surface area contributed by atoms with Gasteiger partial charge in [-0.2, -0.15) is 0 Å². The van der Waals surface area contributed by atoms with Crippen molar-refractivity contribution in [3.05, 3.63) is 29.3 Å². The van der Waals surface area contributed by atoms with Gasteiger partial charge in [-0.3, -0.25) is 4.79 Å². The van der Waals surface area contributed by atoms with Crippen LogP contribution in [-0.4, -0.2) is 16.8 Å². The average molecular weight is 218 g/mol. The molecule has 1 aliphatic heterocycles. The second-order valence-corrected chi connectivity index (χ2v) is 4.66. The minimum Gasteiger partial charge on any atom is -0.383 e. The van der Waals surface area contributed by atoms with E-state index in [9.17, 15) is 4.79 Å². The summed E-state index contributed by atoms with van der Waals surface area (Å²) in [5.41, 5.74) is 3.67. The van der Waals surface area contributed by atoms with Crippen molar-refractivity contribution in [1.82, 2.24) is 4.90 Å². The van der Waals surface area contributed by atoms with Crippen molar-refractivity contribution < 1.29 is 4.79 Å². The summed E-state index contributed by atoms with van der Waals surface area (Å²) in [6.45, 7) is 7.37. The van der Waals surface area contributed by atoms with E-state index in [-0.39, 0.29) is 5.91 Å². The number of hydrogen-bond donors (Lipinski definition) is 1. The number of hydrogen-bond acceptors (Lipinski definition) is 2. The number of nitrogens with zero attached hydrogens (tertiary/aromatic N) is 1. The van der Waals surface area contributed by atoms with E-state index in [1.807, 2.05) is 4.90 Å². The molecule has 1 aliphatic rings. The molecule has 1 N–H and O–H groups in total. The van der Waals surface area contributed by atoms with Crippen LogP contribution in [0.25, 0.3) is 0 Å². The predicted molar refractivity (Wildman–Crippen MR) is 65.1 cm³/mol. The Morgan fingerprint density at radius 2 is 2.00 bits per heavy atom. The highest BCUT2D eigenvalue weighted by atomic mass is 16.2. The van der Waals surface area contributed by atoms with Gasteiger partial charge in [0.15, 0.2) is 0 Å². The van der Waals surface area contributed by atoms with Gasteiger partial charge in [-0.15, -0.1) is 0 Å². The Morgan fingerprint density at radius 3 is 2.62 bits per heavy atom. The van der Waals surface area contributed by atoms with Crippen molar-refractivity contribution in [1.29, 1.82) is 0 Å². The van der Waals surface area contributed by atoms with Gasteiger partial charge in [0, 0.05) is 31.7 Å². The fourth-order valence-electron chi connectivity index (χ4n) is 2.04. The third-order valence-electron chi connectivity index (χ3n) is 2.83. The molecule has 0 bridgehead atoms. The van der Waals surface area contributed by atoms with Crippen molar-refractivity contribution in [2.45, 2.75) is 39.9 Å². The summed E-state index contributed by atoms with van der Waals surface area (Å²) in [5.74, 6) is 0.148. The van der Waals surface area contributed by atoms with Gasteiger partial charge in [-0.1, -0.05) is 6.07 Å². The molecule has 16 heavy (non-hydrogen) atoms. The predicted octanol–water partition coefficient (Wildman–Crippen LogP) is 2.37. The quantitative estimate of drug-likeness (QED) is 0.826. The summed E-state index contributed by atoms with van der Waals surface area (Å²) in [6, 6.07) is 6.78. The van der Waals surface area contributed by atoms with E-state index >= 15 is 0 Å². The van der Waals surface area contributed by atoms with Crippen molar-refractivity contribution in [2.75, 3.05) is 5.32 Å². The molecule has 0 fully saturated rings. The molecule has 3 heteroatoms. The standard InChI is InChI=1S/C13H18N2O/c1-9(2)14-13-5-4-11-7-15(10(3)16)8-12(11)6-13/h4-6,9,14H,7-8H2,1-3H3. The number of benzene rings is 1. The molecule has 1 amide bonds. The molecule has 3 nitrogen and oxygen atoms in total. The first-order chi connectivity index (χ1) is 7.56. The highest BCUT2D eigenvalue weighted by molar-refractivity contribution is 5.74. The highest BCUT2D eigenvalue weighted by Crippen LogP contribution is 2.25. The highest BCUT2D eigenvalue weighted by Gasteiger charge is 2.20. The first kappa shape index (κ1) is 11.0. The van der Waals surface area contributed by atoms with E-state index in [4.69, 9.17) is 0 Å². The van der Waals surface area contributed by atoms with Crippen LogP contribution < -0.4 is 5.32 Å². The molecule has 0 spiro atoms. The molecule has 0 aliphatic carbocycles. The lowest BCUT2D eigenvalue weighted by atomic mass is 10.1. The third kappa shape index (κ3) is 2.18. The van der Waals surface area contributed by atoms with Gasteiger partial charge >= 0.3 is 0 Å². The van der Waals surface area contributed by atoms with E-state index in [0.717, 1.165) is 18.8 Å². The SMILES string of the molecule is CC(=O)N1Cc2ccc(NC(C)C)cc2C1. The molecule has 1 aromatic rings. The Morgan fingerprint density at radius 1 is 1.31 bits per heavy atom. The molecule has 0 aromatic heterocycles. The molecule has 0 saturated heterocycles. The normalized spacial score (nSPS) is 14.1. The van der Waals surface area contributed by atoms with Crippen LogP contribution in [0.3, 0.4) is 0 Å². The molecule has 1 aromatic carbocycles. The number of nitrogens with one attached hydrogen (secondary N) is 1. The molecule has 0 radical (unpaired) electrons. The molecule has 0 saturated carbocycles. The Hall–Kier alpha value is -1.51. The van der Waals surface area contributed by atoms with Crippen LogP contribution in [0.2, 0.25) is 0 Å². The maximum Gasteiger partial charge on any atom is 0.220 e. The zero-order chi connectivity index (χ0) is 11.7. The zero-order valence-electron chi connectivity index (χ0n) is 10.1. The number of amides is 1. The fraction of sp³-hybridized carbons (Fsp3) is 0.462. The number of carbonyl (C=O) groups is 1. The summed E-state index contributed by atoms with van der Waals surface area (Å²) in [5, 5.41) is 3.38. The molecule has 0 unspecified atom stereocenters. The minimum absolute atomic E-state index is 0.148. The molecular formula is C13H18N2O. The number of anilines is 1. The number of rotatable bonds is 2. The second-order valence-electron chi connectivity index (χ2n) is 4.66. The van der Waals surface area contributed by atoms with Gasteiger partial charge in [0.05, 0.1) is 0 Å². The first-order valence-electron chi connectivity index (χ1n) is 5.70. The van der Waals surface area contributed by atoms with Crippen LogP contribution in [0.1, 0.15) is 31.9 Å². The van der Waals surface area contributed by atoms with Crippen molar-refractivity contribution in [3.8, 4) is 0 Å².